The smallest absolute Gasteiger partial charge is 0.380 e. The lowest BCUT2D eigenvalue weighted by molar-refractivity contribution is -0.131. The summed E-state index contributed by atoms with van der Waals surface area (Å²) in [5.41, 5.74) is 5.20. The van der Waals surface area contributed by atoms with E-state index in [1.54, 1.807) is 0 Å². The van der Waals surface area contributed by atoms with Gasteiger partial charge in [0.1, 0.15) is 5.82 Å². The summed E-state index contributed by atoms with van der Waals surface area (Å²) in [5.74, 6) is -3.10. The number of ketones is 1. The number of hydrogen-bond donors (Lipinski definition) is 2. The van der Waals surface area contributed by atoms with Crippen LogP contribution in [0.15, 0.2) is 12.3 Å². The minimum absolute atomic E-state index is 0.0644. The summed E-state index contributed by atoms with van der Waals surface area (Å²) in [6.07, 6.45) is 1.22. The van der Waals surface area contributed by atoms with Crippen LogP contribution in [0, 0.1) is 0 Å². The molecule has 0 saturated carbocycles. The van der Waals surface area contributed by atoms with E-state index in [1.807, 2.05) is 0 Å². The summed E-state index contributed by atoms with van der Waals surface area (Å²) in [6, 6.07) is 1.36. The van der Waals surface area contributed by atoms with Crippen LogP contribution in [0.5, 0.6) is 0 Å². The summed E-state index contributed by atoms with van der Waals surface area (Å²) in [4.78, 5) is 27.7. The average molecular weight is 167 g/mol. The summed E-state index contributed by atoms with van der Waals surface area (Å²) >= 11 is 0. The highest BCUT2D eigenvalue weighted by atomic mass is 16.4. The molecule has 0 aromatic carbocycles. The van der Waals surface area contributed by atoms with E-state index in [2.05, 4.69) is 9.97 Å². The first kappa shape index (κ1) is 8.12. The van der Waals surface area contributed by atoms with Gasteiger partial charge >= 0.3 is 11.8 Å². The number of rotatable bonds is 2. The van der Waals surface area contributed by atoms with Crippen molar-refractivity contribution < 1.29 is 14.7 Å². The van der Waals surface area contributed by atoms with Crippen molar-refractivity contribution in [2.75, 3.05) is 5.73 Å². The van der Waals surface area contributed by atoms with Gasteiger partial charge in [-0.15, -0.1) is 0 Å². The molecule has 1 aromatic heterocycles. The van der Waals surface area contributed by atoms with Crippen LogP contribution in [0.3, 0.4) is 0 Å². The third-order valence-electron chi connectivity index (χ3n) is 1.07. The molecule has 0 fully saturated rings. The maximum atomic E-state index is 10.7. The molecule has 0 amide bonds. The number of Topliss-reactive ketones (excluding diaryl/α,β-unsaturated/α-hetero) is 1. The van der Waals surface area contributed by atoms with Crippen molar-refractivity contribution in [3.8, 4) is 0 Å². The molecule has 12 heavy (non-hydrogen) atoms. The quantitative estimate of drug-likeness (QED) is 0.446. The van der Waals surface area contributed by atoms with Crippen molar-refractivity contribution in [3.63, 3.8) is 0 Å². The predicted molar refractivity (Wildman–Crippen MR) is 38.4 cm³/mol. The van der Waals surface area contributed by atoms with E-state index < -0.39 is 17.6 Å². The highest BCUT2D eigenvalue weighted by Crippen LogP contribution is 1.96. The van der Waals surface area contributed by atoms with Gasteiger partial charge in [0.15, 0.2) is 0 Å². The van der Waals surface area contributed by atoms with Gasteiger partial charge in [0.25, 0.3) is 0 Å². The topological polar surface area (TPSA) is 106 Å². The molecular formula is C6H5N3O3. The third kappa shape index (κ3) is 1.54. The van der Waals surface area contributed by atoms with E-state index in [4.69, 9.17) is 10.8 Å². The normalized spacial score (nSPS) is 9.33. The lowest BCUT2D eigenvalue weighted by atomic mass is 10.4. The number of nitrogens with zero attached hydrogens (tertiary/aromatic N) is 2. The van der Waals surface area contributed by atoms with Crippen LogP contribution in [-0.4, -0.2) is 26.8 Å². The van der Waals surface area contributed by atoms with Crippen LogP contribution in [0.2, 0.25) is 0 Å². The molecule has 0 spiro atoms. The second-order valence-corrected chi connectivity index (χ2v) is 1.94. The summed E-state index contributed by atoms with van der Waals surface area (Å²) < 4.78 is 0. The summed E-state index contributed by atoms with van der Waals surface area (Å²) in [5, 5.41) is 8.26. The highest BCUT2D eigenvalue weighted by molar-refractivity contribution is 6.38. The van der Waals surface area contributed by atoms with Gasteiger partial charge in [-0.2, -0.15) is 0 Å². The van der Waals surface area contributed by atoms with E-state index in [-0.39, 0.29) is 5.82 Å². The maximum absolute atomic E-state index is 10.7. The second kappa shape index (κ2) is 2.95. The largest absolute Gasteiger partial charge is 0.475 e. The summed E-state index contributed by atoms with van der Waals surface area (Å²) in [7, 11) is 0. The Morgan fingerprint density at radius 2 is 2.17 bits per heavy atom. The Morgan fingerprint density at radius 3 is 2.67 bits per heavy atom. The lowest BCUT2D eigenvalue weighted by Gasteiger charge is -1.94. The Bertz CT molecular complexity index is 337. The zero-order valence-electron chi connectivity index (χ0n) is 5.89. The van der Waals surface area contributed by atoms with Gasteiger partial charge in [-0.25, -0.2) is 14.8 Å². The summed E-state index contributed by atoms with van der Waals surface area (Å²) in [6.45, 7) is 0. The molecule has 0 aliphatic heterocycles. The van der Waals surface area contributed by atoms with Crippen LogP contribution in [-0.2, 0) is 4.79 Å². The van der Waals surface area contributed by atoms with E-state index in [0.717, 1.165) is 0 Å². The Kier molecular flexibility index (Phi) is 2.00. The van der Waals surface area contributed by atoms with Gasteiger partial charge < -0.3 is 10.8 Å². The SMILES string of the molecule is Nc1ccnc(C(=O)C(=O)O)n1. The Labute approximate surface area is 67.1 Å². The molecule has 3 N–H and O–H groups in total. The fraction of sp³-hybridized carbons (Fsp3) is 0. The fourth-order valence-corrected chi connectivity index (χ4v) is 0.578. The molecule has 0 atom stereocenters. The molecule has 1 rings (SSSR count). The van der Waals surface area contributed by atoms with Crippen LogP contribution < -0.4 is 5.73 Å². The van der Waals surface area contributed by atoms with Gasteiger partial charge in [-0.05, 0) is 6.07 Å². The van der Waals surface area contributed by atoms with Crippen molar-refractivity contribution in [1.82, 2.24) is 9.97 Å². The van der Waals surface area contributed by atoms with Gasteiger partial charge in [0, 0.05) is 6.20 Å². The molecule has 0 aliphatic rings. The van der Waals surface area contributed by atoms with Crippen LogP contribution in [0.1, 0.15) is 10.6 Å². The molecule has 0 saturated heterocycles. The molecule has 1 aromatic rings. The number of hydrogen-bond acceptors (Lipinski definition) is 5. The molecule has 0 radical (unpaired) electrons. The number of aromatic nitrogens is 2. The van der Waals surface area contributed by atoms with Crippen LogP contribution in [0.25, 0.3) is 0 Å². The molecular weight excluding hydrogens is 162 g/mol. The third-order valence-corrected chi connectivity index (χ3v) is 1.07. The van der Waals surface area contributed by atoms with Crippen LogP contribution >= 0.6 is 0 Å². The molecule has 1 heterocycles. The number of nitrogen functional groups attached to an aromatic ring is 1. The van der Waals surface area contributed by atoms with E-state index in [0.29, 0.717) is 0 Å². The van der Waals surface area contributed by atoms with Crippen LogP contribution in [0.4, 0.5) is 5.82 Å². The minimum Gasteiger partial charge on any atom is -0.475 e. The number of nitrogens with two attached hydrogens (primary N) is 1. The second-order valence-electron chi connectivity index (χ2n) is 1.94. The van der Waals surface area contributed by atoms with Crippen molar-refractivity contribution >= 4 is 17.6 Å². The number of carbonyl (C=O) groups is 2. The number of carbonyl (C=O) groups excluding carboxylic acids is 1. The maximum Gasteiger partial charge on any atom is 0.380 e. The van der Waals surface area contributed by atoms with Crippen molar-refractivity contribution in [3.05, 3.63) is 18.1 Å². The number of aliphatic carboxylic acids is 1. The Morgan fingerprint density at radius 1 is 1.50 bits per heavy atom. The molecule has 0 unspecified atom stereocenters. The number of anilines is 1. The lowest BCUT2D eigenvalue weighted by Crippen LogP contribution is -2.16. The average Bonchev–Trinajstić information content (AvgIpc) is 2.03. The van der Waals surface area contributed by atoms with Gasteiger partial charge in [-0.3, -0.25) is 4.79 Å². The Hall–Kier alpha value is -1.98. The highest BCUT2D eigenvalue weighted by Gasteiger charge is 2.17. The zero-order valence-corrected chi connectivity index (χ0v) is 5.89. The number of carboxylic acids is 1. The van der Waals surface area contributed by atoms with Gasteiger partial charge in [-0.1, -0.05) is 0 Å². The van der Waals surface area contributed by atoms with Crippen molar-refractivity contribution in [2.45, 2.75) is 0 Å². The first-order chi connectivity index (χ1) is 5.61. The van der Waals surface area contributed by atoms with E-state index in [9.17, 15) is 9.59 Å². The van der Waals surface area contributed by atoms with Gasteiger partial charge in [0.2, 0.25) is 5.82 Å². The zero-order chi connectivity index (χ0) is 9.14. The molecule has 6 heteroatoms. The standard InChI is InChI=1S/C6H5N3O3/c7-3-1-2-8-5(9-3)4(10)6(11)12/h1-2H,(H,11,12)(H2,7,8,9). The predicted octanol–water partition coefficient (Wildman–Crippen LogP) is -0.674. The van der Waals surface area contributed by atoms with Gasteiger partial charge in [0.05, 0.1) is 0 Å². The van der Waals surface area contributed by atoms with Crippen molar-refractivity contribution in [2.24, 2.45) is 0 Å². The first-order valence-corrected chi connectivity index (χ1v) is 2.97. The molecule has 0 aliphatic carbocycles. The fourth-order valence-electron chi connectivity index (χ4n) is 0.578. The Balaban J connectivity index is 3.04. The molecule has 0 bridgehead atoms. The molecule has 62 valence electrons. The molecule has 6 nitrogen and oxygen atoms in total. The van der Waals surface area contributed by atoms with Crippen molar-refractivity contribution in [1.29, 1.82) is 0 Å². The number of carboxylic acid groups (broad SMARTS) is 1. The van der Waals surface area contributed by atoms with E-state index >= 15 is 0 Å². The minimum atomic E-state index is -1.60. The monoisotopic (exact) mass is 167 g/mol. The van der Waals surface area contributed by atoms with E-state index in [1.165, 1.54) is 12.3 Å². The first-order valence-electron chi connectivity index (χ1n) is 2.97.